The normalized spacial score (nSPS) is 10.6. The second-order valence-electron chi connectivity index (χ2n) is 4.52. The SMILES string of the molecule is COc1ccc(Cl)cc1-c1noc(Cc2ccccc2)n1. The number of benzene rings is 2. The molecule has 0 saturated heterocycles. The molecule has 0 radical (unpaired) electrons. The number of nitrogens with zero attached hydrogens (tertiary/aromatic N) is 2. The highest BCUT2D eigenvalue weighted by molar-refractivity contribution is 6.30. The number of aromatic nitrogens is 2. The maximum absolute atomic E-state index is 6.02. The molecule has 4 nitrogen and oxygen atoms in total. The summed E-state index contributed by atoms with van der Waals surface area (Å²) in [6, 6.07) is 15.3. The van der Waals surface area contributed by atoms with Crippen LogP contribution in [0.25, 0.3) is 11.4 Å². The van der Waals surface area contributed by atoms with Gasteiger partial charge < -0.3 is 9.26 Å². The zero-order valence-electron chi connectivity index (χ0n) is 11.4. The average Bonchev–Trinajstić information content (AvgIpc) is 2.96. The monoisotopic (exact) mass is 300 g/mol. The molecule has 0 aliphatic heterocycles. The molecule has 0 spiro atoms. The molecule has 0 aliphatic rings. The Morgan fingerprint density at radius 3 is 2.71 bits per heavy atom. The summed E-state index contributed by atoms with van der Waals surface area (Å²) in [5.74, 6) is 1.69. The van der Waals surface area contributed by atoms with Gasteiger partial charge in [-0.2, -0.15) is 4.98 Å². The largest absolute Gasteiger partial charge is 0.496 e. The van der Waals surface area contributed by atoms with Gasteiger partial charge in [-0.3, -0.25) is 0 Å². The first kappa shape index (κ1) is 13.6. The Morgan fingerprint density at radius 1 is 1.14 bits per heavy atom. The smallest absolute Gasteiger partial charge is 0.231 e. The van der Waals surface area contributed by atoms with E-state index < -0.39 is 0 Å². The third-order valence-electron chi connectivity index (χ3n) is 3.07. The fraction of sp³-hybridized carbons (Fsp3) is 0.125. The summed E-state index contributed by atoms with van der Waals surface area (Å²) in [5, 5.41) is 4.60. The van der Waals surface area contributed by atoms with Gasteiger partial charge in [-0.25, -0.2) is 0 Å². The van der Waals surface area contributed by atoms with E-state index >= 15 is 0 Å². The van der Waals surface area contributed by atoms with E-state index in [2.05, 4.69) is 10.1 Å². The predicted molar refractivity (Wildman–Crippen MR) is 80.5 cm³/mol. The third-order valence-corrected chi connectivity index (χ3v) is 3.30. The minimum absolute atomic E-state index is 0.472. The highest BCUT2D eigenvalue weighted by Gasteiger charge is 2.14. The first-order valence-electron chi connectivity index (χ1n) is 6.46. The van der Waals surface area contributed by atoms with Crippen molar-refractivity contribution in [2.24, 2.45) is 0 Å². The zero-order valence-corrected chi connectivity index (χ0v) is 12.2. The van der Waals surface area contributed by atoms with Gasteiger partial charge in [-0.05, 0) is 23.8 Å². The maximum atomic E-state index is 6.02. The minimum Gasteiger partial charge on any atom is -0.496 e. The van der Waals surface area contributed by atoms with Crippen LogP contribution >= 0.6 is 11.6 Å². The van der Waals surface area contributed by atoms with E-state index in [0.29, 0.717) is 34.5 Å². The van der Waals surface area contributed by atoms with Crippen LogP contribution in [-0.4, -0.2) is 17.3 Å². The topological polar surface area (TPSA) is 48.2 Å². The van der Waals surface area contributed by atoms with Gasteiger partial charge in [0.1, 0.15) is 5.75 Å². The highest BCUT2D eigenvalue weighted by Crippen LogP contribution is 2.30. The number of rotatable bonds is 4. The maximum Gasteiger partial charge on any atom is 0.231 e. The predicted octanol–water partition coefficient (Wildman–Crippen LogP) is 3.99. The van der Waals surface area contributed by atoms with Crippen molar-refractivity contribution in [2.45, 2.75) is 6.42 Å². The molecule has 106 valence electrons. The first-order valence-corrected chi connectivity index (χ1v) is 6.84. The molecule has 3 rings (SSSR count). The van der Waals surface area contributed by atoms with Crippen LogP contribution in [0.1, 0.15) is 11.5 Å². The molecule has 3 aromatic rings. The molecule has 0 bridgehead atoms. The van der Waals surface area contributed by atoms with Crippen molar-refractivity contribution in [3.8, 4) is 17.1 Å². The van der Waals surface area contributed by atoms with Crippen LogP contribution in [0.5, 0.6) is 5.75 Å². The van der Waals surface area contributed by atoms with Crippen molar-refractivity contribution in [2.75, 3.05) is 7.11 Å². The average molecular weight is 301 g/mol. The van der Waals surface area contributed by atoms with Gasteiger partial charge in [0.25, 0.3) is 0 Å². The fourth-order valence-electron chi connectivity index (χ4n) is 2.06. The van der Waals surface area contributed by atoms with Crippen LogP contribution in [0.3, 0.4) is 0 Å². The van der Waals surface area contributed by atoms with Gasteiger partial charge in [0.2, 0.25) is 11.7 Å². The zero-order chi connectivity index (χ0) is 14.7. The summed E-state index contributed by atoms with van der Waals surface area (Å²) in [6.45, 7) is 0. The summed E-state index contributed by atoms with van der Waals surface area (Å²) in [7, 11) is 1.59. The number of ether oxygens (including phenoxy) is 1. The Kier molecular flexibility index (Phi) is 3.88. The Morgan fingerprint density at radius 2 is 1.95 bits per heavy atom. The fourth-order valence-corrected chi connectivity index (χ4v) is 2.23. The van der Waals surface area contributed by atoms with Gasteiger partial charge in [0.15, 0.2) is 0 Å². The number of methoxy groups -OCH3 is 1. The van der Waals surface area contributed by atoms with Crippen molar-refractivity contribution in [3.05, 3.63) is 65.0 Å². The molecule has 0 saturated carbocycles. The van der Waals surface area contributed by atoms with Crippen LogP contribution < -0.4 is 4.74 Å². The lowest BCUT2D eigenvalue weighted by Gasteiger charge is -2.04. The molecule has 0 atom stereocenters. The summed E-state index contributed by atoms with van der Waals surface area (Å²) in [6.07, 6.45) is 0.594. The van der Waals surface area contributed by atoms with E-state index in [9.17, 15) is 0 Å². The lowest BCUT2D eigenvalue weighted by Crippen LogP contribution is -1.91. The Labute approximate surface area is 127 Å². The van der Waals surface area contributed by atoms with Crippen molar-refractivity contribution < 1.29 is 9.26 Å². The summed E-state index contributed by atoms with van der Waals surface area (Å²) in [4.78, 5) is 4.41. The molecular formula is C16H13ClN2O2. The van der Waals surface area contributed by atoms with Crippen molar-refractivity contribution >= 4 is 11.6 Å². The van der Waals surface area contributed by atoms with Gasteiger partial charge in [-0.1, -0.05) is 47.1 Å². The minimum atomic E-state index is 0.472. The summed E-state index contributed by atoms with van der Waals surface area (Å²) >= 11 is 6.02. The molecule has 0 amide bonds. The van der Waals surface area contributed by atoms with Crippen molar-refractivity contribution in [1.82, 2.24) is 10.1 Å². The summed E-state index contributed by atoms with van der Waals surface area (Å²) < 4.78 is 10.6. The Hall–Kier alpha value is -2.33. The van der Waals surface area contributed by atoms with Gasteiger partial charge >= 0.3 is 0 Å². The van der Waals surface area contributed by atoms with E-state index in [0.717, 1.165) is 5.56 Å². The first-order chi connectivity index (χ1) is 10.3. The lowest BCUT2D eigenvalue weighted by atomic mass is 10.1. The van der Waals surface area contributed by atoms with Crippen LogP contribution in [0, 0.1) is 0 Å². The molecule has 21 heavy (non-hydrogen) atoms. The Bertz CT molecular complexity index is 741. The van der Waals surface area contributed by atoms with Crippen LogP contribution in [0.4, 0.5) is 0 Å². The highest BCUT2D eigenvalue weighted by atomic mass is 35.5. The van der Waals surface area contributed by atoms with Crippen molar-refractivity contribution in [3.63, 3.8) is 0 Å². The molecule has 2 aromatic carbocycles. The molecular weight excluding hydrogens is 288 g/mol. The van der Waals surface area contributed by atoms with Crippen molar-refractivity contribution in [1.29, 1.82) is 0 Å². The van der Waals surface area contributed by atoms with E-state index in [4.69, 9.17) is 20.9 Å². The second kappa shape index (κ2) is 5.97. The van der Waals surface area contributed by atoms with E-state index in [1.54, 1.807) is 25.3 Å². The van der Waals surface area contributed by atoms with Gasteiger partial charge in [0, 0.05) is 5.02 Å². The molecule has 0 fully saturated rings. The number of hydrogen-bond acceptors (Lipinski definition) is 4. The molecule has 1 aromatic heterocycles. The third kappa shape index (κ3) is 3.06. The number of halogens is 1. The molecule has 0 N–H and O–H groups in total. The van der Waals surface area contributed by atoms with Crippen LogP contribution in [-0.2, 0) is 6.42 Å². The quantitative estimate of drug-likeness (QED) is 0.731. The molecule has 0 unspecified atom stereocenters. The molecule has 0 aliphatic carbocycles. The van der Waals surface area contributed by atoms with Gasteiger partial charge in [0.05, 0.1) is 19.1 Å². The van der Waals surface area contributed by atoms with E-state index in [-0.39, 0.29) is 0 Å². The summed E-state index contributed by atoms with van der Waals surface area (Å²) in [5.41, 5.74) is 1.83. The van der Waals surface area contributed by atoms with Crippen LogP contribution in [0.15, 0.2) is 53.1 Å². The standard InChI is InChI=1S/C16H13ClN2O2/c1-20-14-8-7-12(17)10-13(14)16-18-15(21-19-16)9-11-5-3-2-4-6-11/h2-8,10H,9H2,1H3. The second-order valence-corrected chi connectivity index (χ2v) is 4.96. The van der Waals surface area contributed by atoms with Crippen LogP contribution in [0.2, 0.25) is 5.02 Å². The van der Waals surface area contributed by atoms with Gasteiger partial charge in [-0.15, -0.1) is 0 Å². The number of hydrogen-bond donors (Lipinski definition) is 0. The lowest BCUT2D eigenvalue weighted by molar-refractivity contribution is 0.384. The molecule has 1 heterocycles. The Balaban J connectivity index is 1.90. The van der Waals surface area contributed by atoms with E-state index in [1.807, 2.05) is 30.3 Å². The van der Waals surface area contributed by atoms with E-state index in [1.165, 1.54) is 0 Å². The molecule has 5 heteroatoms.